The van der Waals surface area contributed by atoms with Crippen molar-refractivity contribution in [3.8, 4) is 22.9 Å². The van der Waals surface area contributed by atoms with Crippen molar-refractivity contribution >= 4 is 22.2 Å². The minimum absolute atomic E-state index is 0.0507. The maximum atomic E-state index is 13.6. The lowest BCUT2D eigenvalue weighted by atomic mass is 9.75. The van der Waals surface area contributed by atoms with Gasteiger partial charge in [-0.05, 0) is 74.9 Å². The monoisotopic (exact) mass is 603 g/mol. The molecule has 0 radical (unpaired) electrons. The quantitative estimate of drug-likeness (QED) is 0.269. The highest BCUT2D eigenvalue weighted by Gasteiger charge is 2.47. The van der Waals surface area contributed by atoms with Crippen LogP contribution in [0.15, 0.2) is 54.7 Å². The van der Waals surface area contributed by atoms with E-state index in [-0.39, 0.29) is 17.7 Å². The molecule has 0 unspecified atom stereocenters. The van der Waals surface area contributed by atoms with Crippen molar-refractivity contribution in [2.24, 2.45) is 5.92 Å². The highest BCUT2D eigenvalue weighted by Crippen LogP contribution is 2.44. The lowest BCUT2D eigenvalue weighted by Gasteiger charge is -2.41. The number of anilines is 1. The fourth-order valence-corrected chi connectivity index (χ4v) is 7.59. The second-order valence-electron chi connectivity index (χ2n) is 12.9. The average molecular weight is 604 g/mol. The van der Waals surface area contributed by atoms with E-state index in [4.69, 9.17) is 5.10 Å². The van der Waals surface area contributed by atoms with Gasteiger partial charge in [0.25, 0.3) is 0 Å². The summed E-state index contributed by atoms with van der Waals surface area (Å²) in [6.45, 7) is 4.73. The number of hydrogen-bond acceptors (Lipinski definition) is 7. The summed E-state index contributed by atoms with van der Waals surface area (Å²) in [6.07, 6.45) is 7.02. The second kappa shape index (κ2) is 11.3. The van der Waals surface area contributed by atoms with Crippen molar-refractivity contribution in [2.75, 3.05) is 29.5 Å². The molecule has 2 atom stereocenters. The molecular formula is C33H41N5O4S. The topological polar surface area (TPSA) is 135 Å². The fourth-order valence-electron chi connectivity index (χ4n) is 6.36. The number of carbonyl (C=O) groups excluding carboxylic acids is 1. The Hall–Kier alpha value is -3.36. The van der Waals surface area contributed by atoms with E-state index in [1.165, 1.54) is 0 Å². The van der Waals surface area contributed by atoms with Gasteiger partial charge in [-0.1, -0.05) is 37.1 Å². The number of nitrogens with zero attached hydrogens (tertiary/aromatic N) is 4. The highest BCUT2D eigenvalue weighted by atomic mass is 32.3. The summed E-state index contributed by atoms with van der Waals surface area (Å²) >= 11 is 0. The lowest BCUT2D eigenvalue weighted by molar-refractivity contribution is -0.127. The Kier molecular flexibility index (Phi) is 7.80. The van der Waals surface area contributed by atoms with Crippen LogP contribution in [0.5, 0.6) is 0 Å². The van der Waals surface area contributed by atoms with Gasteiger partial charge in [-0.3, -0.25) is 13.9 Å². The maximum Gasteiger partial charge on any atom is 0.225 e. The minimum atomic E-state index is -2.47. The number of carbonyl (C=O) groups is 1. The third-order valence-corrected chi connectivity index (χ3v) is 11.0. The Morgan fingerprint density at radius 2 is 1.65 bits per heavy atom. The summed E-state index contributed by atoms with van der Waals surface area (Å²) in [6, 6.07) is 18.3. The van der Waals surface area contributed by atoms with Crippen molar-refractivity contribution in [1.82, 2.24) is 15.1 Å². The van der Waals surface area contributed by atoms with E-state index in [0.717, 1.165) is 59.4 Å². The summed E-state index contributed by atoms with van der Waals surface area (Å²) in [5.41, 5.74) is 3.91. The number of hydrogen-bond donors (Lipinski definition) is 4. The smallest absolute Gasteiger partial charge is 0.225 e. The van der Waals surface area contributed by atoms with Crippen molar-refractivity contribution in [3.63, 3.8) is 0 Å². The van der Waals surface area contributed by atoms with Crippen LogP contribution in [0, 0.1) is 17.2 Å². The van der Waals surface area contributed by atoms with Crippen molar-refractivity contribution < 1.29 is 19.0 Å². The minimum Gasteiger partial charge on any atom is -0.386 e. The van der Waals surface area contributed by atoms with E-state index in [9.17, 15) is 24.3 Å². The highest BCUT2D eigenvalue weighted by molar-refractivity contribution is 8.24. The van der Waals surface area contributed by atoms with Crippen LogP contribution in [-0.2, 0) is 10.4 Å². The number of amides is 1. The number of aromatic nitrogens is 2. The summed E-state index contributed by atoms with van der Waals surface area (Å²) in [7, 11) is -2.47. The predicted octanol–water partition coefficient (Wildman–Crippen LogP) is 5.78. The summed E-state index contributed by atoms with van der Waals surface area (Å²) in [5, 5.41) is 28.2. The lowest BCUT2D eigenvalue weighted by Crippen LogP contribution is -2.42. The molecular weight excluding hydrogens is 562 g/mol. The van der Waals surface area contributed by atoms with Crippen molar-refractivity contribution in [3.05, 3.63) is 66.0 Å². The first-order valence-electron chi connectivity index (χ1n) is 15.2. The zero-order valence-electron chi connectivity index (χ0n) is 24.9. The van der Waals surface area contributed by atoms with E-state index in [1.807, 2.05) is 35.1 Å². The van der Waals surface area contributed by atoms with Crippen LogP contribution in [0.3, 0.4) is 0 Å². The molecule has 9 nitrogen and oxygen atoms in total. The molecule has 4 N–H and O–H groups in total. The van der Waals surface area contributed by atoms with Gasteiger partial charge in [0.2, 0.25) is 5.91 Å². The molecule has 1 saturated heterocycles. The van der Waals surface area contributed by atoms with E-state index in [1.54, 1.807) is 13.8 Å². The number of nitriles is 1. The molecule has 43 heavy (non-hydrogen) atoms. The summed E-state index contributed by atoms with van der Waals surface area (Å²) < 4.78 is 21.9. The van der Waals surface area contributed by atoms with Gasteiger partial charge in [0, 0.05) is 42.4 Å². The Balaban J connectivity index is 1.35. The summed E-state index contributed by atoms with van der Waals surface area (Å²) in [5.74, 6) is 0.380. The van der Waals surface area contributed by atoms with Crippen LogP contribution in [-0.4, -0.2) is 60.0 Å². The van der Waals surface area contributed by atoms with Crippen LogP contribution in [0.2, 0.25) is 0 Å². The van der Waals surface area contributed by atoms with Gasteiger partial charge < -0.3 is 15.3 Å². The Morgan fingerprint density at radius 1 is 1.02 bits per heavy atom. The SMILES string of the molecule is CC(C)(O)c1ccc(-n2cc(-c3ccc(N4CCS(O)(O)CC4)cc3)c([C@@H]3CCCC[C@H]3C(=O)NC3(C#N)CC3)n2)cc1. The van der Waals surface area contributed by atoms with Gasteiger partial charge in [-0.15, -0.1) is 0 Å². The molecule has 3 fully saturated rings. The van der Waals surface area contributed by atoms with Crippen LogP contribution in [0.1, 0.15) is 69.5 Å². The number of rotatable bonds is 7. The first kappa shape index (κ1) is 29.7. The molecule has 2 aromatic carbocycles. The molecule has 0 bridgehead atoms. The molecule has 1 aliphatic heterocycles. The third-order valence-electron chi connectivity index (χ3n) is 9.28. The van der Waals surface area contributed by atoms with Crippen LogP contribution in [0.4, 0.5) is 5.69 Å². The molecule has 2 aliphatic carbocycles. The van der Waals surface area contributed by atoms with Gasteiger partial charge in [-0.2, -0.15) is 21.0 Å². The van der Waals surface area contributed by atoms with Crippen LogP contribution < -0.4 is 10.2 Å². The Labute approximate surface area is 254 Å². The van der Waals surface area contributed by atoms with Gasteiger partial charge in [0.15, 0.2) is 0 Å². The van der Waals surface area contributed by atoms with E-state index >= 15 is 0 Å². The molecule has 3 aliphatic rings. The van der Waals surface area contributed by atoms with Gasteiger partial charge in [0.05, 0.1) is 34.6 Å². The van der Waals surface area contributed by atoms with E-state index in [0.29, 0.717) is 37.4 Å². The third kappa shape index (κ3) is 6.31. The number of nitrogens with one attached hydrogen (secondary N) is 1. The Bertz CT molecular complexity index is 1510. The van der Waals surface area contributed by atoms with Gasteiger partial charge in [-0.25, -0.2) is 4.68 Å². The molecule has 0 spiro atoms. The zero-order valence-corrected chi connectivity index (χ0v) is 25.7. The van der Waals surface area contributed by atoms with Gasteiger partial charge >= 0.3 is 0 Å². The Morgan fingerprint density at radius 3 is 2.26 bits per heavy atom. The molecule has 228 valence electrons. The molecule has 2 heterocycles. The normalized spacial score (nSPS) is 23.7. The molecule has 1 amide bonds. The first-order valence-corrected chi connectivity index (χ1v) is 17.1. The maximum absolute atomic E-state index is 13.6. The molecule has 6 rings (SSSR count). The van der Waals surface area contributed by atoms with Crippen molar-refractivity contribution in [2.45, 2.75) is 69.4 Å². The first-order chi connectivity index (χ1) is 20.5. The fraction of sp³-hybridized carbons (Fsp3) is 0.485. The summed E-state index contributed by atoms with van der Waals surface area (Å²) in [4.78, 5) is 15.7. The van der Waals surface area contributed by atoms with Crippen LogP contribution >= 0.6 is 10.6 Å². The molecule has 2 saturated carbocycles. The second-order valence-corrected chi connectivity index (χ2v) is 15.3. The van der Waals surface area contributed by atoms with E-state index in [2.05, 4.69) is 40.6 Å². The molecule has 1 aromatic heterocycles. The van der Waals surface area contributed by atoms with Gasteiger partial charge in [0.1, 0.15) is 5.54 Å². The standard InChI is InChI=1S/C33H41N5O4S/c1-32(2,40)24-9-13-26(14-10-24)38-21-29(23-7-11-25(12-8-23)37-17-19-43(41,42)20-18-37)30(36-38)27-5-3-4-6-28(27)31(39)35-33(22-34)15-16-33/h7-14,21,27-28,40-42H,3-6,15-20H2,1-2H3,(H,35,39)/t27-,28-/m1/s1. The number of aliphatic hydroxyl groups is 1. The average Bonchev–Trinajstić information content (AvgIpc) is 3.63. The van der Waals surface area contributed by atoms with Crippen LogP contribution in [0.25, 0.3) is 16.8 Å². The van der Waals surface area contributed by atoms with E-state index < -0.39 is 21.7 Å². The molecule has 10 heteroatoms. The predicted molar refractivity (Wildman–Crippen MR) is 169 cm³/mol. The number of benzene rings is 2. The van der Waals surface area contributed by atoms with Crippen molar-refractivity contribution in [1.29, 1.82) is 5.26 Å². The molecule has 3 aromatic rings. The largest absolute Gasteiger partial charge is 0.386 e. The zero-order chi connectivity index (χ0) is 30.4.